The van der Waals surface area contributed by atoms with Crippen molar-refractivity contribution in [2.24, 2.45) is 0 Å². The quantitative estimate of drug-likeness (QED) is 0.701. The van der Waals surface area contributed by atoms with Crippen LogP contribution in [-0.4, -0.2) is 11.1 Å². The number of hydrogen-bond acceptors (Lipinski definition) is 3. The molecule has 120 valence electrons. The van der Waals surface area contributed by atoms with Crippen LogP contribution in [0.4, 0.5) is 5.69 Å². The Morgan fingerprint density at radius 3 is 2.83 bits per heavy atom. The molecule has 0 saturated heterocycles. The Morgan fingerprint density at radius 2 is 1.96 bits per heavy atom. The summed E-state index contributed by atoms with van der Waals surface area (Å²) in [6.07, 6.45) is 1.56. The molecule has 1 aliphatic rings. The molecule has 6 heteroatoms. The SMILES string of the molecule is O=C(Nc1cc(Cl)ccc1Cl)c1noc2c1CCc1ccccc1-2. The number of anilines is 1. The second kappa shape index (κ2) is 5.96. The molecular weight excluding hydrogens is 347 g/mol. The van der Waals surface area contributed by atoms with E-state index in [9.17, 15) is 4.79 Å². The number of aryl methyl sites for hydroxylation is 1. The van der Waals surface area contributed by atoms with Crippen LogP contribution in [-0.2, 0) is 12.8 Å². The van der Waals surface area contributed by atoms with Crippen LogP contribution in [0.3, 0.4) is 0 Å². The average molecular weight is 359 g/mol. The summed E-state index contributed by atoms with van der Waals surface area (Å²) in [4.78, 5) is 12.6. The highest BCUT2D eigenvalue weighted by atomic mass is 35.5. The maximum Gasteiger partial charge on any atom is 0.278 e. The topological polar surface area (TPSA) is 55.1 Å². The number of amides is 1. The molecule has 1 aliphatic carbocycles. The molecule has 24 heavy (non-hydrogen) atoms. The lowest BCUT2D eigenvalue weighted by Gasteiger charge is -2.14. The molecule has 4 nitrogen and oxygen atoms in total. The van der Waals surface area contributed by atoms with Gasteiger partial charge in [0.05, 0.1) is 10.7 Å². The molecular formula is C18H12Cl2N2O2. The lowest BCUT2D eigenvalue weighted by Crippen LogP contribution is -2.16. The highest BCUT2D eigenvalue weighted by molar-refractivity contribution is 6.35. The summed E-state index contributed by atoms with van der Waals surface area (Å²) in [6.45, 7) is 0. The van der Waals surface area contributed by atoms with E-state index >= 15 is 0 Å². The number of rotatable bonds is 2. The van der Waals surface area contributed by atoms with Gasteiger partial charge in [0.2, 0.25) is 0 Å². The molecule has 4 rings (SSSR count). The van der Waals surface area contributed by atoms with E-state index in [-0.39, 0.29) is 11.6 Å². The Morgan fingerprint density at radius 1 is 1.12 bits per heavy atom. The molecule has 0 radical (unpaired) electrons. The third kappa shape index (κ3) is 2.58. The zero-order valence-corrected chi connectivity index (χ0v) is 14.0. The van der Waals surface area contributed by atoms with E-state index in [0.717, 1.165) is 17.5 Å². The Balaban J connectivity index is 1.68. The number of nitrogens with one attached hydrogen (secondary N) is 1. The first-order chi connectivity index (χ1) is 11.6. The van der Waals surface area contributed by atoms with Gasteiger partial charge in [-0.05, 0) is 36.6 Å². The molecule has 0 bridgehead atoms. The van der Waals surface area contributed by atoms with Crippen molar-refractivity contribution in [3.63, 3.8) is 0 Å². The minimum absolute atomic E-state index is 0.288. The molecule has 1 amide bonds. The molecule has 0 spiro atoms. The molecule has 2 aromatic carbocycles. The number of carbonyl (C=O) groups excluding carboxylic acids is 1. The fraction of sp³-hybridized carbons (Fsp3) is 0.111. The highest BCUT2D eigenvalue weighted by Gasteiger charge is 2.27. The minimum atomic E-state index is -0.358. The van der Waals surface area contributed by atoms with E-state index < -0.39 is 0 Å². The maximum absolute atomic E-state index is 12.6. The first-order valence-electron chi connectivity index (χ1n) is 7.46. The zero-order valence-electron chi connectivity index (χ0n) is 12.5. The largest absolute Gasteiger partial charge is 0.355 e. The zero-order chi connectivity index (χ0) is 16.7. The van der Waals surface area contributed by atoms with Gasteiger partial charge < -0.3 is 9.84 Å². The fourth-order valence-corrected chi connectivity index (χ4v) is 3.26. The summed E-state index contributed by atoms with van der Waals surface area (Å²) in [5.74, 6) is 0.308. The number of fused-ring (bicyclic) bond motifs is 3. The van der Waals surface area contributed by atoms with E-state index in [1.165, 1.54) is 5.56 Å². The van der Waals surface area contributed by atoms with E-state index in [1.54, 1.807) is 18.2 Å². The lowest BCUT2D eigenvalue weighted by atomic mass is 9.89. The van der Waals surface area contributed by atoms with Gasteiger partial charge in [-0.15, -0.1) is 0 Å². The molecule has 0 aliphatic heterocycles. The van der Waals surface area contributed by atoms with Gasteiger partial charge in [0.25, 0.3) is 5.91 Å². The van der Waals surface area contributed by atoms with Crippen LogP contribution >= 0.6 is 23.2 Å². The van der Waals surface area contributed by atoms with Crippen molar-refractivity contribution in [1.82, 2.24) is 5.16 Å². The normalized spacial score (nSPS) is 12.4. The predicted octanol–water partition coefficient (Wildman–Crippen LogP) is 5.00. The molecule has 1 heterocycles. The number of carbonyl (C=O) groups is 1. The van der Waals surface area contributed by atoms with Gasteiger partial charge in [0.15, 0.2) is 11.5 Å². The van der Waals surface area contributed by atoms with Gasteiger partial charge in [0.1, 0.15) is 0 Å². The molecule has 0 unspecified atom stereocenters. The van der Waals surface area contributed by atoms with Crippen LogP contribution in [0.1, 0.15) is 21.6 Å². The Hall–Kier alpha value is -2.30. The molecule has 0 saturated carbocycles. The van der Waals surface area contributed by atoms with Crippen LogP contribution < -0.4 is 5.32 Å². The summed E-state index contributed by atoms with van der Waals surface area (Å²) in [7, 11) is 0. The van der Waals surface area contributed by atoms with E-state index in [2.05, 4.69) is 16.5 Å². The van der Waals surface area contributed by atoms with Crippen molar-refractivity contribution in [2.45, 2.75) is 12.8 Å². The molecule has 0 fully saturated rings. The maximum atomic E-state index is 12.6. The second-order valence-corrected chi connectivity index (χ2v) is 6.42. The number of nitrogens with zero attached hydrogens (tertiary/aromatic N) is 1. The first-order valence-corrected chi connectivity index (χ1v) is 8.22. The van der Waals surface area contributed by atoms with Crippen LogP contribution in [0.15, 0.2) is 47.0 Å². The van der Waals surface area contributed by atoms with Gasteiger partial charge >= 0.3 is 0 Å². The number of aromatic nitrogens is 1. The van der Waals surface area contributed by atoms with Crippen molar-refractivity contribution >= 4 is 34.8 Å². The summed E-state index contributed by atoms with van der Waals surface area (Å²) in [5, 5.41) is 7.64. The first kappa shape index (κ1) is 15.2. The third-order valence-electron chi connectivity index (χ3n) is 4.09. The minimum Gasteiger partial charge on any atom is -0.355 e. The van der Waals surface area contributed by atoms with Gasteiger partial charge in [-0.3, -0.25) is 4.79 Å². The summed E-state index contributed by atoms with van der Waals surface area (Å²) < 4.78 is 5.46. The number of benzene rings is 2. The Bertz CT molecular complexity index is 950. The van der Waals surface area contributed by atoms with Crippen LogP contribution in [0.2, 0.25) is 10.0 Å². The predicted molar refractivity (Wildman–Crippen MR) is 93.8 cm³/mol. The van der Waals surface area contributed by atoms with Gasteiger partial charge in [-0.1, -0.05) is 52.6 Å². The standard InChI is InChI=1S/C18H12Cl2N2O2/c19-11-6-8-14(20)15(9-11)21-18(23)16-13-7-5-10-3-1-2-4-12(10)17(13)24-22-16/h1-4,6,8-9H,5,7H2,(H,21,23). The van der Waals surface area contributed by atoms with Crippen molar-refractivity contribution in [3.05, 3.63) is 69.3 Å². The smallest absolute Gasteiger partial charge is 0.278 e. The van der Waals surface area contributed by atoms with E-state index in [1.807, 2.05) is 18.2 Å². The number of hydrogen-bond donors (Lipinski definition) is 1. The van der Waals surface area contributed by atoms with Gasteiger partial charge in [0, 0.05) is 16.1 Å². The van der Waals surface area contributed by atoms with Crippen LogP contribution in [0, 0.1) is 0 Å². The van der Waals surface area contributed by atoms with Crippen molar-refractivity contribution < 1.29 is 9.32 Å². The third-order valence-corrected chi connectivity index (χ3v) is 4.65. The fourth-order valence-electron chi connectivity index (χ4n) is 2.93. The molecule has 3 aromatic rings. The summed E-state index contributed by atoms with van der Waals surface area (Å²) in [5.41, 5.74) is 3.75. The molecule has 1 aromatic heterocycles. The van der Waals surface area contributed by atoms with Crippen LogP contribution in [0.25, 0.3) is 11.3 Å². The monoisotopic (exact) mass is 358 g/mol. The van der Waals surface area contributed by atoms with Gasteiger partial charge in [-0.25, -0.2) is 0 Å². The molecule has 1 N–H and O–H groups in total. The van der Waals surface area contributed by atoms with E-state index in [4.69, 9.17) is 27.7 Å². The Labute approximate surface area is 148 Å². The summed E-state index contributed by atoms with van der Waals surface area (Å²) in [6, 6.07) is 12.9. The number of halogens is 2. The average Bonchev–Trinajstić information content (AvgIpc) is 3.03. The van der Waals surface area contributed by atoms with Crippen molar-refractivity contribution in [3.8, 4) is 11.3 Å². The van der Waals surface area contributed by atoms with Crippen molar-refractivity contribution in [2.75, 3.05) is 5.32 Å². The summed E-state index contributed by atoms with van der Waals surface area (Å²) >= 11 is 12.0. The van der Waals surface area contributed by atoms with E-state index in [0.29, 0.717) is 27.9 Å². The van der Waals surface area contributed by atoms with Crippen LogP contribution in [0.5, 0.6) is 0 Å². The Kier molecular flexibility index (Phi) is 3.79. The molecule has 0 atom stereocenters. The highest BCUT2D eigenvalue weighted by Crippen LogP contribution is 2.35. The van der Waals surface area contributed by atoms with Crippen molar-refractivity contribution in [1.29, 1.82) is 0 Å². The lowest BCUT2D eigenvalue weighted by molar-refractivity contribution is 0.101. The van der Waals surface area contributed by atoms with Gasteiger partial charge in [-0.2, -0.15) is 0 Å². The second-order valence-electron chi connectivity index (χ2n) is 5.57.